The molecule has 2 aliphatic rings. The average Bonchev–Trinajstić information content (AvgIpc) is 3.13. The number of carbonyl (C=O) groups is 1. The van der Waals surface area contributed by atoms with Gasteiger partial charge in [0.15, 0.2) is 11.5 Å². The number of nitrogens with zero attached hydrogens (tertiary/aromatic N) is 4. The lowest BCUT2D eigenvalue weighted by molar-refractivity contribution is -0.122. The number of benzene rings is 1. The van der Waals surface area contributed by atoms with Gasteiger partial charge >= 0.3 is 0 Å². The fourth-order valence-corrected chi connectivity index (χ4v) is 4.87. The smallest absolute Gasteiger partial charge is 0.224 e. The molecule has 5 N–H and O–H groups in total. The summed E-state index contributed by atoms with van der Waals surface area (Å²) in [5, 5.41) is 15.3. The summed E-state index contributed by atoms with van der Waals surface area (Å²) in [5.41, 5.74) is 6.33. The van der Waals surface area contributed by atoms with Crippen molar-refractivity contribution in [2.75, 3.05) is 10.6 Å². The highest BCUT2D eigenvalue weighted by atomic mass is 35.5. The quantitative estimate of drug-likeness (QED) is 0.387. The summed E-state index contributed by atoms with van der Waals surface area (Å²) < 4.78 is 30.4. The van der Waals surface area contributed by atoms with E-state index >= 15 is 0 Å². The number of nitrogens with two attached hydrogens (primary N) is 1. The minimum absolute atomic E-state index is 0.0796. The first-order valence-electron chi connectivity index (χ1n) is 11.2. The number of halogens is 3. The number of nitrogens with one attached hydrogen (secondary N) is 2. The second kappa shape index (κ2) is 8.95. The lowest BCUT2D eigenvalue weighted by Gasteiger charge is -2.32. The molecule has 1 aromatic carbocycles. The number of hydrogen-bond acceptors (Lipinski definition) is 7. The first-order valence-corrected chi connectivity index (χ1v) is 11.6. The van der Waals surface area contributed by atoms with Crippen molar-refractivity contribution in [3.05, 3.63) is 35.0 Å². The van der Waals surface area contributed by atoms with Crippen LogP contribution in [0.4, 0.5) is 26.4 Å². The third-order valence-corrected chi connectivity index (χ3v) is 6.86. The van der Waals surface area contributed by atoms with Crippen LogP contribution in [0.3, 0.4) is 0 Å². The van der Waals surface area contributed by atoms with Crippen LogP contribution >= 0.6 is 11.6 Å². The Labute approximate surface area is 198 Å². The van der Waals surface area contributed by atoms with E-state index in [4.69, 9.17) is 17.3 Å². The molecular formula is C22H24ClF2N7O2. The molecule has 2 fully saturated rings. The molecule has 2 aromatic heterocycles. The molecule has 0 saturated heterocycles. The second-order valence-electron chi connectivity index (χ2n) is 8.96. The summed E-state index contributed by atoms with van der Waals surface area (Å²) in [6.45, 7) is 0. The first-order chi connectivity index (χ1) is 16.3. The third kappa shape index (κ3) is 4.37. The van der Waals surface area contributed by atoms with Crippen molar-refractivity contribution in [2.45, 2.75) is 56.7 Å². The highest BCUT2D eigenvalue weighted by Gasteiger charge is 2.31. The van der Waals surface area contributed by atoms with Gasteiger partial charge < -0.3 is 21.5 Å². The molecule has 1 amide bonds. The maximum absolute atomic E-state index is 14.6. The molecule has 0 bridgehead atoms. The van der Waals surface area contributed by atoms with E-state index in [0.717, 1.165) is 12.1 Å². The number of carbonyl (C=O) groups excluding carboxylic acids is 1. The summed E-state index contributed by atoms with van der Waals surface area (Å²) in [6.07, 6.45) is 4.96. The van der Waals surface area contributed by atoms with Crippen molar-refractivity contribution in [3.63, 3.8) is 0 Å². The highest BCUT2D eigenvalue weighted by molar-refractivity contribution is 6.31. The third-order valence-electron chi connectivity index (χ3n) is 6.58. The fraction of sp³-hybridized carbons (Fsp3) is 0.455. The van der Waals surface area contributed by atoms with Crippen LogP contribution in [0, 0.1) is 17.6 Å². The van der Waals surface area contributed by atoms with Crippen LogP contribution in [0.1, 0.15) is 44.6 Å². The Balaban J connectivity index is 1.52. The number of hydrogen-bond donors (Lipinski definition) is 4. The van der Waals surface area contributed by atoms with Gasteiger partial charge in [0.2, 0.25) is 17.8 Å². The Morgan fingerprint density at radius 2 is 1.91 bits per heavy atom. The van der Waals surface area contributed by atoms with E-state index in [1.165, 1.54) is 0 Å². The van der Waals surface area contributed by atoms with Crippen LogP contribution in [-0.4, -0.2) is 42.7 Å². The Bertz CT molecular complexity index is 1240. The van der Waals surface area contributed by atoms with Crippen molar-refractivity contribution in [3.8, 4) is 0 Å². The lowest BCUT2D eigenvalue weighted by atomic mass is 9.85. The molecule has 9 nitrogen and oxygen atoms in total. The maximum atomic E-state index is 14.6. The van der Waals surface area contributed by atoms with Crippen LogP contribution < -0.4 is 16.4 Å². The van der Waals surface area contributed by atoms with E-state index in [2.05, 4.69) is 25.6 Å². The highest BCUT2D eigenvalue weighted by Crippen LogP contribution is 2.38. The van der Waals surface area contributed by atoms with E-state index < -0.39 is 11.6 Å². The zero-order valence-electron chi connectivity index (χ0n) is 18.1. The zero-order chi connectivity index (χ0) is 24.0. The molecule has 0 spiro atoms. The van der Waals surface area contributed by atoms with Gasteiger partial charge in [0, 0.05) is 24.1 Å². The number of primary amides is 1. The molecule has 0 unspecified atom stereocenters. The van der Waals surface area contributed by atoms with Gasteiger partial charge in [-0.1, -0.05) is 11.6 Å². The lowest BCUT2D eigenvalue weighted by Crippen LogP contribution is -2.39. The summed E-state index contributed by atoms with van der Waals surface area (Å²) in [6, 6.07) is 1.89. The van der Waals surface area contributed by atoms with Crippen LogP contribution in [0.5, 0.6) is 0 Å². The Hall–Kier alpha value is -3.05. The maximum Gasteiger partial charge on any atom is 0.224 e. The first kappa shape index (κ1) is 22.7. The molecule has 12 heteroatoms. The number of rotatable bonds is 6. The second-order valence-corrected chi connectivity index (χ2v) is 9.36. The molecular weight excluding hydrogens is 468 g/mol. The standard InChI is InChI=1S/C22H24ClF2N7O2/c23-15-5-11(24)6-16(18(15)25)29-22-30-17-9-27-21(28-12-7-14(33)8-12)31-20(17)32(22)13-3-1-10(2-4-13)19(26)34/h5-6,9-10,12-14,33H,1-4,7-8H2,(H2,26,34)(H,29,30)(H,27,28,31). The van der Waals surface area contributed by atoms with E-state index in [1.807, 2.05) is 4.57 Å². The molecule has 0 radical (unpaired) electrons. The van der Waals surface area contributed by atoms with Crippen molar-refractivity contribution < 1.29 is 18.7 Å². The van der Waals surface area contributed by atoms with Crippen LogP contribution in [0.25, 0.3) is 11.2 Å². The number of aliphatic hydroxyl groups is 1. The minimum Gasteiger partial charge on any atom is -0.393 e. The Morgan fingerprint density at radius 3 is 2.59 bits per heavy atom. The number of anilines is 3. The van der Waals surface area contributed by atoms with Gasteiger partial charge in [0.05, 0.1) is 23.0 Å². The van der Waals surface area contributed by atoms with Crippen LogP contribution in [-0.2, 0) is 4.79 Å². The number of aromatic nitrogens is 4. The predicted molar refractivity (Wildman–Crippen MR) is 123 cm³/mol. The van der Waals surface area contributed by atoms with Crippen molar-refractivity contribution in [1.29, 1.82) is 0 Å². The monoisotopic (exact) mass is 491 g/mol. The van der Waals surface area contributed by atoms with E-state index in [0.29, 0.717) is 55.6 Å². The number of aliphatic hydroxyl groups excluding tert-OH is 1. The molecule has 0 aliphatic heterocycles. The molecule has 5 rings (SSSR count). The average molecular weight is 492 g/mol. The number of imidazole rings is 1. The van der Waals surface area contributed by atoms with Crippen molar-refractivity contribution >= 4 is 46.3 Å². The fourth-order valence-electron chi connectivity index (χ4n) is 4.67. The largest absolute Gasteiger partial charge is 0.393 e. The molecule has 180 valence electrons. The molecule has 0 atom stereocenters. The van der Waals surface area contributed by atoms with E-state index in [9.17, 15) is 18.7 Å². The molecule has 2 saturated carbocycles. The number of fused-ring (bicyclic) bond motifs is 1. The van der Waals surface area contributed by atoms with Gasteiger partial charge in [0.25, 0.3) is 0 Å². The summed E-state index contributed by atoms with van der Waals surface area (Å²) in [7, 11) is 0. The van der Waals surface area contributed by atoms with Crippen LogP contribution in [0.15, 0.2) is 18.3 Å². The predicted octanol–water partition coefficient (Wildman–Crippen LogP) is 3.65. The zero-order valence-corrected chi connectivity index (χ0v) is 18.9. The Kier molecular flexibility index (Phi) is 5.98. The molecule has 3 aromatic rings. The molecule has 2 aliphatic carbocycles. The van der Waals surface area contributed by atoms with Gasteiger partial charge in [-0.3, -0.25) is 9.36 Å². The van der Waals surface area contributed by atoms with Gasteiger partial charge in [-0.15, -0.1) is 0 Å². The van der Waals surface area contributed by atoms with Gasteiger partial charge in [-0.05, 0) is 44.6 Å². The van der Waals surface area contributed by atoms with Gasteiger partial charge in [-0.2, -0.15) is 4.98 Å². The van der Waals surface area contributed by atoms with E-state index in [-0.39, 0.29) is 46.7 Å². The summed E-state index contributed by atoms with van der Waals surface area (Å²) >= 11 is 5.82. The van der Waals surface area contributed by atoms with Gasteiger partial charge in [0.1, 0.15) is 11.3 Å². The number of amides is 1. The topological polar surface area (TPSA) is 131 Å². The van der Waals surface area contributed by atoms with Gasteiger partial charge in [-0.25, -0.2) is 18.7 Å². The summed E-state index contributed by atoms with van der Waals surface area (Å²) in [4.78, 5) is 25.1. The minimum atomic E-state index is -0.795. The summed E-state index contributed by atoms with van der Waals surface area (Å²) in [5.74, 6) is -1.34. The molecule has 34 heavy (non-hydrogen) atoms. The normalized spacial score (nSPS) is 24.6. The van der Waals surface area contributed by atoms with Crippen LogP contribution in [0.2, 0.25) is 5.02 Å². The molecule has 2 heterocycles. The SMILES string of the molecule is NC(=O)C1CCC(n2c(Nc3cc(F)cc(Cl)c3F)nc3cnc(NC4CC(O)C4)nc32)CC1. The Morgan fingerprint density at radius 1 is 1.18 bits per heavy atom. The van der Waals surface area contributed by atoms with Crippen molar-refractivity contribution in [1.82, 2.24) is 19.5 Å². The van der Waals surface area contributed by atoms with Crippen molar-refractivity contribution in [2.24, 2.45) is 11.7 Å². The van der Waals surface area contributed by atoms with E-state index in [1.54, 1.807) is 6.20 Å².